The number of rotatable bonds is 5. The first-order chi connectivity index (χ1) is 10.8. The highest BCUT2D eigenvalue weighted by Gasteiger charge is 2.08. The molecule has 0 amide bonds. The van der Waals surface area contributed by atoms with Crippen molar-refractivity contribution in [2.45, 2.75) is 13.3 Å². The van der Waals surface area contributed by atoms with E-state index in [4.69, 9.17) is 15.0 Å². The molecule has 1 aromatic heterocycles. The molecular formula is C18H18N2O2. The van der Waals surface area contributed by atoms with E-state index < -0.39 is 0 Å². The summed E-state index contributed by atoms with van der Waals surface area (Å²) in [4.78, 5) is 0. The van der Waals surface area contributed by atoms with Gasteiger partial charge in [0.25, 0.3) is 0 Å². The minimum absolute atomic E-state index is 0.725. The van der Waals surface area contributed by atoms with Gasteiger partial charge in [0.1, 0.15) is 11.4 Å². The van der Waals surface area contributed by atoms with Crippen LogP contribution in [0.4, 0.5) is 5.69 Å². The molecule has 22 heavy (non-hydrogen) atoms. The van der Waals surface area contributed by atoms with E-state index in [0.29, 0.717) is 0 Å². The molecule has 0 aliphatic heterocycles. The van der Waals surface area contributed by atoms with Crippen molar-refractivity contribution in [3.05, 3.63) is 54.6 Å². The summed E-state index contributed by atoms with van der Waals surface area (Å²) in [5.41, 5.74) is 9.17. The molecule has 0 fully saturated rings. The monoisotopic (exact) mass is 294 g/mol. The number of nitrogens with two attached hydrogens (primary N) is 1. The molecule has 0 atom stereocenters. The fourth-order valence-electron chi connectivity index (χ4n) is 2.14. The molecule has 0 unspecified atom stereocenters. The zero-order valence-corrected chi connectivity index (χ0v) is 12.5. The summed E-state index contributed by atoms with van der Waals surface area (Å²) in [6.45, 7) is 2.81. The zero-order valence-electron chi connectivity index (χ0n) is 12.5. The molecule has 0 spiro atoms. The predicted molar refractivity (Wildman–Crippen MR) is 87.6 cm³/mol. The number of ether oxygens (including phenoxy) is 1. The van der Waals surface area contributed by atoms with Crippen LogP contribution in [0, 0.1) is 0 Å². The van der Waals surface area contributed by atoms with E-state index in [0.717, 1.165) is 47.0 Å². The maximum atomic E-state index is 5.69. The lowest BCUT2D eigenvalue weighted by atomic mass is 10.1. The first kappa shape index (κ1) is 14.2. The van der Waals surface area contributed by atoms with E-state index in [1.54, 1.807) is 0 Å². The van der Waals surface area contributed by atoms with Gasteiger partial charge < -0.3 is 15.0 Å². The average molecular weight is 294 g/mol. The molecule has 4 nitrogen and oxygen atoms in total. The van der Waals surface area contributed by atoms with E-state index in [9.17, 15) is 0 Å². The number of hydrogen-bond acceptors (Lipinski definition) is 4. The quantitative estimate of drug-likeness (QED) is 0.709. The largest absolute Gasteiger partial charge is 0.494 e. The predicted octanol–water partition coefficient (Wildman–Crippen LogP) is 4.38. The molecule has 1 heterocycles. The van der Waals surface area contributed by atoms with E-state index in [1.807, 2.05) is 54.6 Å². The summed E-state index contributed by atoms with van der Waals surface area (Å²) >= 11 is 0. The molecule has 112 valence electrons. The van der Waals surface area contributed by atoms with Gasteiger partial charge in [0.2, 0.25) is 0 Å². The number of anilines is 1. The Morgan fingerprint density at radius 1 is 1.00 bits per heavy atom. The molecular weight excluding hydrogens is 276 g/mol. The molecule has 3 rings (SSSR count). The highest BCUT2D eigenvalue weighted by atomic mass is 16.5. The third kappa shape index (κ3) is 3.11. The molecule has 0 aliphatic carbocycles. The van der Waals surface area contributed by atoms with Crippen molar-refractivity contribution in [3.8, 4) is 28.3 Å². The topological polar surface area (TPSA) is 61.3 Å². The number of hydrogen-bond donors (Lipinski definition) is 1. The van der Waals surface area contributed by atoms with Gasteiger partial charge in [0, 0.05) is 22.9 Å². The Balaban J connectivity index is 1.79. The number of nitrogen functional groups attached to an aromatic ring is 1. The van der Waals surface area contributed by atoms with E-state index in [1.165, 1.54) is 0 Å². The fourth-order valence-corrected chi connectivity index (χ4v) is 2.14. The fraction of sp³-hybridized carbons (Fsp3) is 0.167. The summed E-state index contributed by atoms with van der Waals surface area (Å²) in [5, 5.41) is 4.12. The molecule has 0 saturated carbocycles. The summed E-state index contributed by atoms with van der Waals surface area (Å²) < 4.78 is 11.0. The maximum Gasteiger partial charge on any atom is 0.167 e. The molecule has 0 aliphatic rings. The van der Waals surface area contributed by atoms with Gasteiger partial charge in [0.15, 0.2) is 5.76 Å². The number of aromatic nitrogens is 1. The number of benzene rings is 2. The SMILES string of the molecule is CCCOc1ccc(-c2cc(-c3ccc(N)cc3)no2)cc1. The molecule has 2 N–H and O–H groups in total. The van der Waals surface area contributed by atoms with Crippen molar-refractivity contribution < 1.29 is 9.26 Å². The Hall–Kier alpha value is -2.75. The van der Waals surface area contributed by atoms with E-state index in [2.05, 4.69) is 12.1 Å². The van der Waals surface area contributed by atoms with Gasteiger partial charge in [-0.2, -0.15) is 0 Å². The second kappa shape index (κ2) is 6.35. The van der Waals surface area contributed by atoms with Gasteiger partial charge in [-0.1, -0.05) is 24.2 Å². The molecule has 0 saturated heterocycles. The van der Waals surface area contributed by atoms with Crippen LogP contribution in [0.3, 0.4) is 0 Å². The normalized spacial score (nSPS) is 10.6. The first-order valence-corrected chi connectivity index (χ1v) is 7.32. The average Bonchev–Trinajstić information content (AvgIpc) is 3.04. The Kier molecular flexibility index (Phi) is 4.10. The standard InChI is InChI=1S/C18H18N2O2/c1-2-11-21-16-9-5-14(6-10-16)18-12-17(20-22-18)13-3-7-15(19)8-4-13/h3-10,12H,2,11,19H2,1H3. The molecule has 0 radical (unpaired) electrons. The minimum atomic E-state index is 0.725. The van der Waals surface area contributed by atoms with Gasteiger partial charge in [-0.3, -0.25) is 0 Å². The van der Waals surface area contributed by atoms with E-state index >= 15 is 0 Å². The van der Waals surface area contributed by atoms with Gasteiger partial charge in [0.05, 0.1) is 6.61 Å². The van der Waals surface area contributed by atoms with Crippen LogP contribution < -0.4 is 10.5 Å². The molecule has 2 aromatic carbocycles. The van der Waals surface area contributed by atoms with Crippen LogP contribution in [0.1, 0.15) is 13.3 Å². The third-order valence-corrected chi connectivity index (χ3v) is 3.33. The first-order valence-electron chi connectivity index (χ1n) is 7.32. The van der Waals surface area contributed by atoms with Crippen LogP contribution in [0.25, 0.3) is 22.6 Å². The minimum Gasteiger partial charge on any atom is -0.494 e. The maximum absolute atomic E-state index is 5.69. The highest BCUT2D eigenvalue weighted by Crippen LogP contribution is 2.27. The van der Waals surface area contributed by atoms with Crippen LogP contribution in [0.2, 0.25) is 0 Å². The van der Waals surface area contributed by atoms with Gasteiger partial charge in [-0.15, -0.1) is 0 Å². The summed E-state index contributed by atoms with van der Waals surface area (Å²) in [6.07, 6.45) is 0.995. The van der Waals surface area contributed by atoms with Crippen molar-refractivity contribution in [1.82, 2.24) is 5.16 Å². The van der Waals surface area contributed by atoms with Crippen LogP contribution in [0.5, 0.6) is 5.75 Å². The Morgan fingerprint density at radius 3 is 2.36 bits per heavy atom. The van der Waals surface area contributed by atoms with Gasteiger partial charge in [-0.25, -0.2) is 0 Å². The van der Waals surface area contributed by atoms with Crippen LogP contribution in [-0.4, -0.2) is 11.8 Å². The summed E-state index contributed by atoms with van der Waals surface area (Å²) in [5.74, 6) is 1.60. The third-order valence-electron chi connectivity index (χ3n) is 3.33. The van der Waals surface area contributed by atoms with Crippen LogP contribution in [0.15, 0.2) is 59.1 Å². The lowest BCUT2D eigenvalue weighted by Gasteiger charge is -2.04. The van der Waals surface area contributed by atoms with E-state index in [-0.39, 0.29) is 0 Å². The van der Waals surface area contributed by atoms with Gasteiger partial charge >= 0.3 is 0 Å². The lowest BCUT2D eigenvalue weighted by molar-refractivity contribution is 0.317. The van der Waals surface area contributed by atoms with Crippen molar-refractivity contribution in [2.24, 2.45) is 0 Å². The Morgan fingerprint density at radius 2 is 1.68 bits per heavy atom. The number of nitrogens with zero attached hydrogens (tertiary/aromatic N) is 1. The van der Waals surface area contributed by atoms with Gasteiger partial charge in [-0.05, 0) is 42.8 Å². The lowest BCUT2D eigenvalue weighted by Crippen LogP contribution is -1.94. The summed E-state index contributed by atoms with van der Waals surface area (Å²) in [7, 11) is 0. The van der Waals surface area contributed by atoms with Crippen molar-refractivity contribution in [2.75, 3.05) is 12.3 Å². The Bertz CT molecular complexity index is 731. The zero-order chi connectivity index (χ0) is 15.4. The summed E-state index contributed by atoms with van der Waals surface area (Å²) in [6, 6.07) is 17.3. The molecule has 0 bridgehead atoms. The second-order valence-electron chi connectivity index (χ2n) is 5.07. The van der Waals surface area contributed by atoms with Crippen molar-refractivity contribution in [3.63, 3.8) is 0 Å². The highest BCUT2D eigenvalue weighted by molar-refractivity contribution is 5.68. The Labute approximate surface area is 129 Å². The van der Waals surface area contributed by atoms with Crippen molar-refractivity contribution >= 4 is 5.69 Å². The molecule has 4 heteroatoms. The van der Waals surface area contributed by atoms with Crippen LogP contribution in [-0.2, 0) is 0 Å². The van der Waals surface area contributed by atoms with Crippen molar-refractivity contribution in [1.29, 1.82) is 0 Å². The van der Waals surface area contributed by atoms with Crippen LogP contribution >= 0.6 is 0 Å². The molecule has 3 aromatic rings. The smallest absolute Gasteiger partial charge is 0.167 e. The second-order valence-corrected chi connectivity index (χ2v) is 5.07.